The first-order valence-electron chi connectivity index (χ1n) is 5.74. The van der Waals surface area contributed by atoms with Crippen LogP contribution in [-0.2, 0) is 9.59 Å². The Kier molecular flexibility index (Phi) is 4.72. The zero-order valence-corrected chi connectivity index (χ0v) is 12.1. The Morgan fingerprint density at radius 1 is 0.895 bits per heavy atom. The maximum atomic E-state index is 11.6. The molecule has 0 aromatic heterocycles. The minimum atomic E-state index is -2.68. The van der Waals surface area contributed by atoms with E-state index in [-0.39, 0.29) is 0 Å². The normalized spacial score (nSPS) is 16.8. The van der Waals surface area contributed by atoms with Gasteiger partial charge in [0, 0.05) is 13.8 Å². The van der Waals surface area contributed by atoms with Crippen LogP contribution in [0, 0.1) is 0 Å². The van der Waals surface area contributed by atoms with Crippen molar-refractivity contribution in [3.05, 3.63) is 0 Å². The second-order valence-electron chi connectivity index (χ2n) is 5.59. The van der Waals surface area contributed by atoms with Crippen LogP contribution in [0.15, 0.2) is 0 Å². The number of quaternary nitrogens is 2. The Balaban J connectivity index is 6.49. The number of carbonyl (C=O) groups is 2. The monoisotopic (exact) mass is 278 g/mol. The van der Waals surface area contributed by atoms with E-state index in [1.807, 2.05) is 0 Å². The van der Waals surface area contributed by atoms with Gasteiger partial charge in [-0.1, -0.05) is 0 Å². The van der Waals surface area contributed by atoms with Crippen LogP contribution in [0.1, 0.15) is 13.8 Å². The van der Waals surface area contributed by atoms with Crippen molar-refractivity contribution in [1.82, 2.24) is 0 Å². The molecule has 0 aliphatic carbocycles. The Morgan fingerprint density at radius 2 is 1.11 bits per heavy atom. The summed E-state index contributed by atoms with van der Waals surface area (Å²) in [5.41, 5.74) is -2.68. The smallest absolute Gasteiger partial charge is 0.311 e. The second-order valence-corrected chi connectivity index (χ2v) is 5.59. The number of hydrogen-bond donors (Lipinski definition) is 2. The van der Waals surface area contributed by atoms with Crippen LogP contribution in [0.3, 0.4) is 0 Å². The van der Waals surface area contributed by atoms with Gasteiger partial charge in [0.15, 0.2) is 24.4 Å². The minimum absolute atomic E-state index is 0.866. The number of aliphatic carboxylic acids is 2. The fourth-order valence-electron chi connectivity index (χ4n) is 2.23. The Hall–Kier alpha value is -1.22. The molecule has 0 aliphatic heterocycles. The van der Waals surface area contributed by atoms with E-state index < -0.39 is 39.0 Å². The van der Waals surface area contributed by atoms with Gasteiger partial charge in [-0.25, -0.2) is 8.97 Å². The van der Waals surface area contributed by atoms with Gasteiger partial charge in [-0.2, -0.15) is 0 Å². The predicted octanol–water partition coefficient (Wildman–Crippen LogP) is -3.99. The van der Waals surface area contributed by atoms with Crippen LogP contribution in [0.4, 0.5) is 0 Å². The molecule has 0 saturated carbocycles. The summed E-state index contributed by atoms with van der Waals surface area (Å²) < 4.78 is -1.73. The number of aliphatic hydroxyl groups excluding tert-OH is 2. The third-order valence-electron chi connectivity index (χ3n) is 4.11. The number of rotatable bonds is 6. The summed E-state index contributed by atoms with van der Waals surface area (Å²) >= 11 is 0. The van der Waals surface area contributed by atoms with E-state index in [9.17, 15) is 30.0 Å². The van der Waals surface area contributed by atoms with Crippen LogP contribution >= 0.6 is 0 Å². The molecule has 0 saturated heterocycles. The van der Waals surface area contributed by atoms with Crippen LogP contribution in [-0.4, -0.2) is 77.4 Å². The first kappa shape index (κ1) is 17.8. The van der Waals surface area contributed by atoms with Crippen LogP contribution in [0.25, 0.3) is 0 Å². The molecular formula is C11H22N2O6. The molecule has 0 spiro atoms. The molecule has 19 heavy (non-hydrogen) atoms. The lowest BCUT2D eigenvalue weighted by Crippen LogP contribution is -2.88. The number of carboxylic acids is 2. The molecule has 2 N–H and O–H groups in total. The molecule has 8 heteroatoms. The standard InChI is InChI=1S/C11H22N2O6/c1-7(14)12(3,4)11(9(16)17,10(18)19)13(5,6)8(2)15/h7-8,14-15H,1-6H3. The van der Waals surface area contributed by atoms with E-state index in [4.69, 9.17) is 0 Å². The molecule has 2 atom stereocenters. The summed E-state index contributed by atoms with van der Waals surface area (Å²) in [4.78, 5) is 23.2. The van der Waals surface area contributed by atoms with Gasteiger partial charge in [-0.3, -0.25) is 0 Å². The largest absolute Gasteiger partial charge is 0.539 e. The highest BCUT2D eigenvalue weighted by molar-refractivity contribution is 5.97. The lowest BCUT2D eigenvalue weighted by Gasteiger charge is -2.57. The SMILES string of the molecule is CC(O)[N+](C)(C)C(C(=O)[O-])(C(=O)[O-])[N+](C)(C)C(C)O. The zero-order valence-electron chi connectivity index (χ0n) is 12.1. The summed E-state index contributed by atoms with van der Waals surface area (Å²) in [7, 11) is 4.88. The molecule has 0 fully saturated rings. The second kappa shape index (κ2) is 5.04. The Morgan fingerprint density at radius 3 is 1.21 bits per heavy atom. The van der Waals surface area contributed by atoms with Gasteiger partial charge in [-0.15, -0.1) is 0 Å². The molecule has 8 nitrogen and oxygen atoms in total. The van der Waals surface area contributed by atoms with Crippen LogP contribution < -0.4 is 10.2 Å². The number of carbonyl (C=O) groups excluding carboxylic acids is 2. The molecule has 0 amide bonds. The number of nitrogens with zero attached hydrogens (tertiary/aromatic N) is 2. The zero-order chi connectivity index (χ0) is 15.8. The van der Waals surface area contributed by atoms with Crippen molar-refractivity contribution in [3.63, 3.8) is 0 Å². The number of likely N-dealkylation sites (N-methyl/N-ethyl adjacent to an activating group) is 2. The summed E-state index contributed by atoms with van der Waals surface area (Å²) in [6.45, 7) is 2.51. The van der Waals surface area contributed by atoms with Crippen molar-refractivity contribution >= 4 is 11.9 Å². The maximum Gasteiger partial charge on any atom is 0.311 e. The van der Waals surface area contributed by atoms with Crippen molar-refractivity contribution in [1.29, 1.82) is 0 Å². The lowest BCUT2D eigenvalue weighted by molar-refractivity contribution is -1.15. The first-order chi connectivity index (χ1) is 8.27. The van der Waals surface area contributed by atoms with Gasteiger partial charge in [0.1, 0.15) is 0 Å². The molecule has 0 bridgehead atoms. The highest BCUT2D eigenvalue weighted by Crippen LogP contribution is 2.33. The fourth-order valence-corrected chi connectivity index (χ4v) is 2.23. The van der Waals surface area contributed by atoms with Crippen molar-refractivity contribution < 1.29 is 39.0 Å². The molecule has 0 aliphatic rings. The quantitative estimate of drug-likeness (QED) is 0.290. The van der Waals surface area contributed by atoms with Gasteiger partial charge in [0.05, 0.1) is 28.2 Å². The fraction of sp³-hybridized carbons (Fsp3) is 0.818. The topological polar surface area (TPSA) is 121 Å². The maximum absolute atomic E-state index is 11.6. The summed E-state index contributed by atoms with van der Waals surface area (Å²) in [6.07, 6.45) is -2.68. The van der Waals surface area contributed by atoms with Gasteiger partial charge in [0.25, 0.3) is 0 Å². The first-order valence-corrected chi connectivity index (χ1v) is 5.74. The third-order valence-corrected chi connectivity index (χ3v) is 4.11. The average Bonchev–Trinajstić information content (AvgIpc) is 2.14. The molecule has 2 unspecified atom stereocenters. The molecule has 112 valence electrons. The minimum Gasteiger partial charge on any atom is -0.539 e. The van der Waals surface area contributed by atoms with E-state index in [1.54, 1.807) is 0 Å². The van der Waals surface area contributed by atoms with Crippen LogP contribution in [0.2, 0.25) is 0 Å². The summed E-state index contributed by atoms with van der Waals surface area (Å²) in [5.74, 6) is -3.88. The van der Waals surface area contributed by atoms with Gasteiger partial charge >= 0.3 is 5.66 Å². The van der Waals surface area contributed by atoms with E-state index in [0.717, 1.165) is 0 Å². The molecule has 0 rings (SSSR count). The molecule has 0 aromatic rings. The van der Waals surface area contributed by atoms with Crippen molar-refractivity contribution in [3.8, 4) is 0 Å². The van der Waals surface area contributed by atoms with Gasteiger partial charge in [0.2, 0.25) is 0 Å². The Bertz CT molecular complexity index is 339. The van der Waals surface area contributed by atoms with Crippen LogP contribution in [0.5, 0.6) is 0 Å². The Labute approximate surface area is 112 Å². The van der Waals surface area contributed by atoms with E-state index >= 15 is 0 Å². The average molecular weight is 278 g/mol. The van der Waals surface area contributed by atoms with Crippen molar-refractivity contribution in [2.75, 3.05) is 28.2 Å². The van der Waals surface area contributed by atoms with Gasteiger partial charge in [-0.05, 0) is 0 Å². The van der Waals surface area contributed by atoms with Gasteiger partial charge < -0.3 is 30.0 Å². The highest BCUT2D eigenvalue weighted by Gasteiger charge is 2.64. The van der Waals surface area contributed by atoms with E-state index in [2.05, 4.69) is 0 Å². The number of aliphatic hydroxyl groups is 2. The third kappa shape index (κ3) is 2.20. The highest BCUT2D eigenvalue weighted by atomic mass is 16.4. The number of carboxylic acid groups (broad SMARTS) is 2. The number of hydrogen-bond acceptors (Lipinski definition) is 6. The lowest BCUT2D eigenvalue weighted by atomic mass is 10.00. The van der Waals surface area contributed by atoms with E-state index in [1.165, 1.54) is 42.0 Å². The van der Waals surface area contributed by atoms with E-state index in [0.29, 0.717) is 0 Å². The summed E-state index contributed by atoms with van der Waals surface area (Å²) in [5, 5.41) is 42.7. The predicted molar refractivity (Wildman–Crippen MR) is 60.3 cm³/mol. The molecular weight excluding hydrogens is 256 g/mol. The molecule has 0 heterocycles. The summed E-state index contributed by atoms with van der Waals surface area (Å²) in [6, 6.07) is 0. The molecule has 0 radical (unpaired) electrons. The van der Waals surface area contributed by atoms with Crippen molar-refractivity contribution in [2.24, 2.45) is 0 Å². The van der Waals surface area contributed by atoms with Crippen molar-refractivity contribution in [2.45, 2.75) is 32.0 Å². The molecule has 0 aromatic carbocycles.